The lowest BCUT2D eigenvalue weighted by molar-refractivity contribution is 0.590. The van der Waals surface area contributed by atoms with E-state index >= 15 is 0 Å². The average Bonchev–Trinajstić information content (AvgIpc) is 2.75. The van der Waals surface area contributed by atoms with Gasteiger partial charge in [0, 0.05) is 0 Å². The van der Waals surface area contributed by atoms with E-state index in [4.69, 9.17) is 0 Å². The molecule has 0 fully saturated rings. The van der Waals surface area contributed by atoms with Gasteiger partial charge in [0.15, 0.2) is 0 Å². The first-order valence-electron chi connectivity index (χ1n) is 10.6. The molecule has 0 unspecified atom stereocenters. The number of hydrogen-bond acceptors (Lipinski definition) is 0. The highest BCUT2D eigenvalue weighted by atomic mass is 14.2. The molecule has 0 saturated heterocycles. The zero-order chi connectivity index (χ0) is 23.7. The minimum Gasteiger partial charge on any atom is -0.124 e. The van der Waals surface area contributed by atoms with Gasteiger partial charge >= 0.3 is 0 Å². The maximum absolute atomic E-state index is 4.00. The molecule has 0 heterocycles. The van der Waals surface area contributed by atoms with Crippen molar-refractivity contribution in [2.24, 2.45) is 0 Å². The summed E-state index contributed by atoms with van der Waals surface area (Å²) < 4.78 is 0. The van der Waals surface area contributed by atoms with E-state index < -0.39 is 0 Å². The van der Waals surface area contributed by atoms with Gasteiger partial charge in [0.05, 0.1) is 0 Å². The van der Waals surface area contributed by atoms with E-state index in [-0.39, 0.29) is 5.41 Å². The van der Waals surface area contributed by atoms with Gasteiger partial charge in [-0.1, -0.05) is 119 Å². The second-order valence-electron chi connectivity index (χ2n) is 7.88. The third kappa shape index (κ3) is 11.9. The molecular weight excluding hydrogens is 360 g/mol. The molecule has 30 heavy (non-hydrogen) atoms. The van der Waals surface area contributed by atoms with Gasteiger partial charge in [-0.25, -0.2) is 0 Å². The summed E-state index contributed by atoms with van der Waals surface area (Å²) in [6.45, 7) is 22.9. The summed E-state index contributed by atoms with van der Waals surface area (Å²) in [7, 11) is 0. The molecule has 0 bridgehead atoms. The summed E-state index contributed by atoms with van der Waals surface area (Å²) in [6.07, 6.45) is 13.8. The molecule has 0 heteroatoms. The summed E-state index contributed by atoms with van der Waals surface area (Å²) in [5.74, 6) is 0. The molecule has 0 aliphatic carbocycles. The zero-order valence-corrected chi connectivity index (χ0v) is 20.7. The van der Waals surface area contributed by atoms with Crippen LogP contribution in [0.2, 0.25) is 0 Å². The van der Waals surface area contributed by atoms with E-state index in [1.165, 1.54) is 33.4 Å². The lowest BCUT2D eigenvalue weighted by atomic mass is 9.87. The number of allylic oxidation sites excluding steroid dienone is 5. The van der Waals surface area contributed by atoms with Crippen LogP contribution in [0.1, 0.15) is 70.7 Å². The van der Waals surface area contributed by atoms with Crippen LogP contribution in [0.3, 0.4) is 0 Å². The lowest BCUT2D eigenvalue weighted by Gasteiger charge is -2.18. The summed E-state index contributed by atoms with van der Waals surface area (Å²) in [5, 5.41) is 0. The van der Waals surface area contributed by atoms with Crippen molar-refractivity contribution in [3.63, 3.8) is 0 Å². The minimum absolute atomic E-state index is 0.285. The fraction of sp³-hybridized carbons (Fsp3) is 0.333. The van der Waals surface area contributed by atoms with Crippen molar-refractivity contribution in [3.05, 3.63) is 101 Å². The van der Waals surface area contributed by atoms with Gasteiger partial charge in [-0.2, -0.15) is 0 Å². The van der Waals surface area contributed by atoms with Gasteiger partial charge in [0.25, 0.3) is 0 Å². The van der Waals surface area contributed by atoms with Gasteiger partial charge in [0.1, 0.15) is 0 Å². The van der Waals surface area contributed by atoms with Crippen molar-refractivity contribution >= 4 is 5.57 Å². The van der Waals surface area contributed by atoms with Crippen LogP contribution in [0.4, 0.5) is 0 Å². The van der Waals surface area contributed by atoms with E-state index in [0.29, 0.717) is 0 Å². The molecular formula is C30H42. The number of terminal acetylenes is 1. The third-order valence-electron chi connectivity index (χ3n) is 4.48. The Bertz CT molecular complexity index is 786. The minimum atomic E-state index is 0.285. The van der Waals surface area contributed by atoms with Crippen LogP contribution < -0.4 is 0 Å². The molecule has 0 saturated carbocycles. The maximum atomic E-state index is 4.00. The Balaban J connectivity index is 0. The van der Waals surface area contributed by atoms with E-state index in [2.05, 4.69) is 122 Å². The molecule has 0 spiro atoms. The smallest absolute Gasteiger partial charge is 0.0132 e. The van der Waals surface area contributed by atoms with Crippen molar-refractivity contribution in [1.82, 2.24) is 0 Å². The van der Waals surface area contributed by atoms with Crippen molar-refractivity contribution < 1.29 is 0 Å². The molecule has 0 aliphatic heterocycles. The highest BCUT2D eigenvalue weighted by Crippen LogP contribution is 2.22. The highest BCUT2D eigenvalue weighted by molar-refractivity contribution is 5.68. The predicted octanol–water partition coefficient (Wildman–Crippen LogP) is 9.10. The third-order valence-corrected chi connectivity index (χ3v) is 4.48. The largest absolute Gasteiger partial charge is 0.124 e. The Morgan fingerprint density at radius 2 is 1.20 bits per heavy atom. The van der Waals surface area contributed by atoms with Gasteiger partial charge in [-0.15, -0.1) is 12.8 Å². The molecule has 0 amide bonds. The lowest BCUT2D eigenvalue weighted by Crippen LogP contribution is -2.10. The van der Waals surface area contributed by atoms with Gasteiger partial charge in [-0.3, -0.25) is 0 Å². The van der Waals surface area contributed by atoms with Crippen LogP contribution >= 0.6 is 0 Å². The normalized spacial score (nSPS) is 10.9. The van der Waals surface area contributed by atoms with Gasteiger partial charge < -0.3 is 0 Å². The van der Waals surface area contributed by atoms with Gasteiger partial charge in [-0.05, 0) is 55.4 Å². The molecule has 0 atom stereocenters. The first kappa shape index (κ1) is 29.4. The molecule has 2 aromatic carbocycles. The molecule has 2 aromatic rings. The Labute approximate surface area is 187 Å². The number of benzene rings is 2. The Morgan fingerprint density at radius 1 is 0.800 bits per heavy atom. The Morgan fingerprint density at radius 3 is 1.57 bits per heavy atom. The van der Waals surface area contributed by atoms with Crippen LogP contribution in [0.15, 0.2) is 78.9 Å². The standard InChI is InChI=1S/C15H18.C11H16.C2H6.C2H2/c1-5-6-7-13(3)14(4)15-10-8-12(2)9-11-15;1-9-5-7-10(8-6-9)11(2,3)4;2*1-2/h5-11H,1H2,2-4H3;5-8H,1-4H3;1-2H3;1-2H/b7-6-,14-13+;;;. The van der Waals surface area contributed by atoms with Crippen molar-refractivity contribution in [2.45, 2.75) is 67.7 Å². The van der Waals surface area contributed by atoms with E-state index in [1.54, 1.807) is 6.08 Å². The number of hydrogen-bond donors (Lipinski definition) is 0. The summed E-state index contributed by atoms with van der Waals surface area (Å²) in [4.78, 5) is 0. The summed E-state index contributed by atoms with van der Waals surface area (Å²) in [5.41, 5.74) is 8.19. The quantitative estimate of drug-likeness (QED) is 0.354. The van der Waals surface area contributed by atoms with Crippen LogP contribution in [-0.2, 0) is 5.41 Å². The van der Waals surface area contributed by atoms with Crippen molar-refractivity contribution in [2.75, 3.05) is 0 Å². The first-order valence-corrected chi connectivity index (χ1v) is 10.6. The van der Waals surface area contributed by atoms with E-state index in [0.717, 1.165) is 0 Å². The summed E-state index contributed by atoms with van der Waals surface area (Å²) in [6, 6.07) is 17.4. The SMILES string of the molecule is C#C.C=C/C=C\C(C)=C(/C)c1ccc(C)cc1.CC.Cc1ccc(C(C)(C)C)cc1. The molecule has 2 rings (SSSR count). The molecule has 0 aromatic heterocycles. The zero-order valence-electron chi connectivity index (χ0n) is 20.7. The van der Waals surface area contributed by atoms with Crippen LogP contribution in [-0.4, -0.2) is 0 Å². The average molecular weight is 403 g/mol. The van der Waals surface area contributed by atoms with E-state index in [1.807, 2.05) is 19.9 Å². The van der Waals surface area contributed by atoms with Gasteiger partial charge in [0.2, 0.25) is 0 Å². The highest BCUT2D eigenvalue weighted by Gasteiger charge is 2.11. The number of rotatable bonds is 3. The fourth-order valence-corrected chi connectivity index (χ4v) is 2.42. The fourth-order valence-electron chi connectivity index (χ4n) is 2.42. The first-order chi connectivity index (χ1) is 14.1. The monoisotopic (exact) mass is 402 g/mol. The predicted molar refractivity (Wildman–Crippen MR) is 140 cm³/mol. The van der Waals surface area contributed by atoms with E-state index in [9.17, 15) is 0 Å². The van der Waals surface area contributed by atoms with Crippen molar-refractivity contribution in [1.29, 1.82) is 0 Å². The molecule has 0 N–H and O–H groups in total. The molecule has 0 radical (unpaired) electrons. The number of aryl methyl sites for hydroxylation is 2. The molecule has 0 aliphatic rings. The Kier molecular flexibility index (Phi) is 15.8. The maximum Gasteiger partial charge on any atom is -0.0132 e. The van der Waals surface area contributed by atoms with Crippen LogP contribution in [0.25, 0.3) is 5.57 Å². The topological polar surface area (TPSA) is 0 Å². The van der Waals surface area contributed by atoms with Crippen LogP contribution in [0, 0.1) is 26.7 Å². The van der Waals surface area contributed by atoms with Crippen LogP contribution in [0.5, 0.6) is 0 Å². The molecule has 0 nitrogen and oxygen atoms in total. The second-order valence-corrected chi connectivity index (χ2v) is 7.88. The Hall–Kier alpha value is -2.78. The molecule has 162 valence electrons. The second kappa shape index (κ2) is 16.1. The van der Waals surface area contributed by atoms with Crippen molar-refractivity contribution in [3.8, 4) is 12.8 Å². The summed E-state index contributed by atoms with van der Waals surface area (Å²) >= 11 is 0.